The second kappa shape index (κ2) is 6.03. The van der Waals surface area contributed by atoms with Crippen molar-refractivity contribution in [2.24, 2.45) is 0 Å². The van der Waals surface area contributed by atoms with Crippen LogP contribution in [-0.4, -0.2) is 22.7 Å². The third-order valence-electron chi connectivity index (χ3n) is 3.12. The van der Waals surface area contributed by atoms with Gasteiger partial charge in [0.25, 0.3) is 0 Å². The van der Waals surface area contributed by atoms with Crippen LogP contribution in [0.2, 0.25) is 5.02 Å². The van der Waals surface area contributed by atoms with Crippen LogP contribution in [0.3, 0.4) is 0 Å². The van der Waals surface area contributed by atoms with Crippen molar-refractivity contribution in [1.82, 2.24) is 4.98 Å². The van der Waals surface area contributed by atoms with E-state index in [1.807, 2.05) is 5.38 Å². The molecule has 1 aromatic carbocycles. The number of benzene rings is 1. The Kier molecular flexibility index (Phi) is 4.54. The molecule has 0 bridgehead atoms. The molecule has 0 saturated heterocycles. The van der Waals surface area contributed by atoms with E-state index >= 15 is 0 Å². The van der Waals surface area contributed by atoms with Gasteiger partial charge in [-0.2, -0.15) is 0 Å². The highest BCUT2D eigenvalue weighted by Gasteiger charge is 2.34. The topological polar surface area (TPSA) is 59.4 Å². The zero-order chi connectivity index (χ0) is 15.6. The number of aromatic nitrogens is 1. The number of halogens is 1. The second-order valence-corrected chi connectivity index (χ2v) is 6.31. The Morgan fingerprint density at radius 1 is 1.48 bits per heavy atom. The van der Waals surface area contributed by atoms with Gasteiger partial charge in [-0.05, 0) is 39.0 Å². The van der Waals surface area contributed by atoms with Crippen LogP contribution in [0.4, 0.5) is 0 Å². The average Bonchev–Trinajstić information content (AvgIpc) is 2.92. The summed E-state index contributed by atoms with van der Waals surface area (Å²) in [5, 5.41) is 12.3. The van der Waals surface area contributed by atoms with Crippen LogP contribution in [0.25, 0.3) is 10.6 Å². The molecular weight excluding hydrogens is 310 g/mol. The molecule has 6 heteroatoms. The highest BCUT2D eigenvalue weighted by molar-refractivity contribution is 7.13. The van der Waals surface area contributed by atoms with E-state index in [4.69, 9.17) is 16.3 Å². The molecule has 0 aliphatic rings. The van der Waals surface area contributed by atoms with Crippen LogP contribution in [0.15, 0.2) is 23.6 Å². The van der Waals surface area contributed by atoms with Crippen molar-refractivity contribution in [2.45, 2.75) is 26.2 Å². The Labute approximate surface area is 132 Å². The third-order valence-corrected chi connectivity index (χ3v) is 4.32. The molecule has 112 valence electrons. The summed E-state index contributed by atoms with van der Waals surface area (Å²) >= 11 is 7.33. The van der Waals surface area contributed by atoms with Gasteiger partial charge in [0.15, 0.2) is 0 Å². The lowest BCUT2D eigenvalue weighted by atomic mass is 9.90. The van der Waals surface area contributed by atoms with Crippen LogP contribution in [0, 0.1) is 0 Å². The van der Waals surface area contributed by atoms with E-state index in [1.165, 1.54) is 17.4 Å². The smallest absolute Gasteiger partial charge is 0.317 e. The van der Waals surface area contributed by atoms with Crippen molar-refractivity contribution in [1.29, 1.82) is 0 Å². The number of hydrogen-bond acceptors (Lipinski definition) is 5. The number of ether oxygens (including phenoxy) is 1. The fraction of sp³-hybridized carbons (Fsp3) is 0.333. The molecular formula is C15H16ClNO3S. The van der Waals surface area contributed by atoms with Crippen LogP contribution >= 0.6 is 22.9 Å². The van der Waals surface area contributed by atoms with Crippen LogP contribution in [-0.2, 0) is 14.9 Å². The highest BCUT2D eigenvalue weighted by atomic mass is 35.5. The van der Waals surface area contributed by atoms with Crippen LogP contribution in [0.1, 0.15) is 26.5 Å². The molecule has 1 N–H and O–H groups in total. The summed E-state index contributed by atoms with van der Waals surface area (Å²) in [6, 6.07) is 4.91. The van der Waals surface area contributed by atoms with Crippen molar-refractivity contribution >= 4 is 28.9 Å². The van der Waals surface area contributed by atoms with Gasteiger partial charge in [-0.15, -0.1) is 11.3 Å². The van der Waals surface area contributed by atoms with Gasteiger partial charge in [0, 0.05) is 10.9 Å². The Balaban J connectivity index is 2.33. The number of rotatable bonds is 4. The molecule has 1 aromatic heterocycles. The minimum atomic E-state index is -0.800. The van der Waals surface area contributed by atoms with Gasteiger partial charge in [-0.3, -0.25) is 4.79 Å². The monoisotopic (exact) mass is 325 g/mol. The Bertz CT molecular complexity index is 667. The predicted molar refractivity (Wildman–Crippen MR) is 83.9 cm³/mol. The summed E-state index contributed by atoms with van der Waals surface area (Å²) in [5.74, 6) is -0.269. The van der Waals surface area contributed by atoms with Crippen molar-refractivity contribution < 1.29 is 14.6 Å². The molecule has 0 amide bonds. The second-order valence-electron chi connectivity index (χ2n) is 5.05. The molecule has 0 radical (unpaired) electrons. The van der Waals surface area contributed by atoms with Crippen molar-refractivity contribution in [2.75, 3.05) is 6.61 Å². The van der Waals surface area contributed by atoms with Gasteiger partial charge < -0.3 is 9.84 Å². The summed E-state index contributed by atoms with van der Waals surface area (Å²) < 4.78 is 5.08. The van der Waals surface area contributed by atoms with E-state index in [2.05, 4.69) is 4.98 Å². The first kappa shape index (κ1) is 15.8. The van der Waals surface area contributed by atoms with Gasteiger partial charge in [-0.25, -0.2) is 4.98 Å². The summed E-state index contributed by atoms with van der Waals surface area (Å²) in [4.78, 5) is 16.5. The minimum Gasteiger partial charge on any atom is -0.506 e. The summed E-state index contributed by atoms with van der Waals surface area (Å²) in [6.07, 6.45) is 0. The molecule has 0 fully saturated rings. The molecule has 2 rings (SSSR count). The first-order chi connectivity index (χ1) is 9.86. The average molecular weight is 326 g/mol. The van der Waals surface area contributed by atoms with Crippen molar-refractivity contribution in [3.8, 4) is 16.3 Å². The van der Waals surface area contributed by atoms with E-state index in [0.717, 1.165) is 10.6 Å². The van der Waals surface area contributed by atoms with Crippen molar-refractivity contribution in [3.63, 3.8) is 0 Å². The summed E-state index contributed by atoms with van der Waals surface area (Å²) in [7, 11) is 0. The maximum absolute atomic E-state index is 12.0. The number of esters is 1. The van der Waals surface area contributed by atoms with E-state index < -0.39 is 5.41 Å². The highest BCUT2D eigenvalue weighted by Crippen LogP contribution is 2.34. The first-order valence-corrected chi connectivity index (χ1v) is 7.74. The molecule has 1 heterocycles. The molecule has 0 atom stereocenters. The molecule has 21 heavy (non-hydrogen) atoms. The molecule has 2 aromatic rings. The van der Waals surface area contributed by atoms with Crippen molar-refractivity contribution in [3.05, 3.63) is 34.3 Å². The van der Waals surface area contributed by atoms with Gasteiger partial charge in [0.1, 0.15) is 16.2 Å². The SMILES string of the molecule is CCOC(=O)C(C)(C)c1csc(-c2ccc(O)c(Cl)c2)n1. The molecule has 0 spiro atoms. The fourth-order valence-electron chi connectivity index (χ4n) is 1.75. The fourth-order valence-corrected chi connectivity index (χ4v) is 2.91. The Morgan fingerprint density at radius 2 is 2.19 bits per heavy atom. The zero-order valence-electron chi connectivity index (χ0n) is 12.0. The lowest BCUT2D eigenvalue weighted by molar-refractivity contribution is -0.148. The number of phenolic OH excluding ortho intramolecular Hbond substituents is 1. The molecule has 0 unspecified atom stereocenters. The van der Waals surface area contributed by atoms with Gasteiger partial charge in [0.05, 0.1) is 17.3 Å². The summed E-state index contributed by atoms with van der Waals surface area (Å²) in [6.45, 7) is 5.69. The maximum Gasteiger partial charge on any atom is 0.317 e. The largest absolute Gasteiger partial charge is 0.506 e. The predicted octanol–water partition coefficient (Wildman–Crippen LogP) is 4.01. The Hall–Kier alpha value is -1.59. The van der Waals surface area contributed by atoms with Gasteiger partial charge in [-0.1, -0.05) is 11.6 Å². The standard InChI is InChI=1S/C15H16ClNO3S/c1-4-20-14(19)15(2,3)12-8-21-13(17-12)9-5-6-11(18)10(16)7-9/h5-8,18H,4H2,1-3H3. The van der Waals surface area contributed by atoms with E-state index in [9.17, 15) is 9.90 Å². The number of nitrogens with zero attached hydrogens (tertiary/aromatic N) is 1. The quantitative estimate of drug-likeness (QED) is 0.863. The van der Waals surface area contributed by atoms with E-state index in [-0.39, 0.29) is 16.7 Å². The molecule has 4 nitrogen and oxygen atoms in total. The lowest BCUT2D eigenvalue weighted by Gasteiger charge is -2.19. The minimum absolute atomic E-state index is 0.0315. The van der Waals surface area contributed by atoms with Gasteiger partial charge in [0.2, 0.25) is 0 Å². The number of thiazole rings is 1. The number of phenols is 1. The maximum atomic E-state index is 12.0. The third kappa shape index (κ3) is 3.19. The number of aromatic hydroxyl groups is 1. The Morgan fingerprint density at radius 3 is 2.81 bits per heavy atom. The van der Waals surface area contributed by atoms with Crippen LogP contribution in [0.5, 0.6) is 5.75 Å². The molecule has 0 saturated carbocycles. The number of carbonyl (C=O) groups is 1. The lowest BCUT2D eigenvalue weighted by Crippen LogP contribution is -2.31. The van der Waals surface area contributed by atoms with Gasteiger partial charge >= 0.3 is 5.97 Å². The normalized spacial score (nSPS) is 11.4. The zero-order valence-corrected chi connectivity index (χ0v) is 13.6. The van der Waals surface area contributed by atoms with Crippen LogP contribution < -0.4 is 0 Å². The van der Waals surface area contributed by atoms with E-state index in [0.29, 0.717) is 12.3 Å². The molecule has 0 aliphatic carbocycles. The molecule has 0 aliphatic heterocycles. The van der Waals surface area contributed by atoms with E-state index in [1.54, 1.807) is 32.9 Å². The summed E-state index contributed by atoms with van der Waals surface area (Å²) in [5.41, 5.74) is 0.657. The number of carbonyl (C=O) groups excluding carboxylic acids is 1. The number of hydrogen-bond donors (Lipinski definition) is 1. The first-order valence-electron chi connectivity index (χ1n) is 6.48.